The molecule has 1 aliphatic carbocycles. The summed E-state index contributed by atoms with van der Waals surface area (Å²) in [6.07, 6.45) is 5.71. The van der Waals surface area contributed by atoms with E-state index in [4.69, 9.17) is 0 Å². The first kappa shape index (κ1) is 16.8. The molecule has 4 aromatic rings. The van der Waals surface area contributed by atoms with Crippen molar-refractivity contribution < 1.29 is 0 Å². The van der Waals surface area contributed by atoms with Gasteiger partial charge in [0.15, 0.2) is 0 Å². The zero-order valence-electron chi connectivity index (χ0n) is 15.8. The molecular weight excluding hydrogens is 336 g/mol. The largest absolute Gasteiger partial charge is 0.0686 e. The summed E-state index contributed by atoms with van der Waals surface area (Å²) >= 11 is 0. The minimum atomic E-state index is -0.134. The van der Waals surface area contributed by atoms with Gasteiger partial charge in [-0.05, 0) is 39.8 Å². The van der Waals surface area contributed by atoms with Gasteiger partial charge in [0.1, 0.15) is 0 Å². The molecule has 0 heteroatoms. The lowest BCUT2D eigenvalue weighted by molar-refractivity contribution is 0.633. The van der Waals surface area contributed by atoms with Gasteiger partial charge in [0.05, 0.1) is 0 Å². The van der Waals surface area contributed by atoms with Gasteiger partial charge in [0, 0.05) is 5.41 Å². The summed E-state index contributed by atoms with van der Waals surface area (Å²) in [5, 5.41) is 0. The average Bonchev–Trinajstić information content (AvgIpc) is 2.80. The maximum absolute atomic E-state index is 2.41. The van der Waals surface area contributed by atoms with Crippen LogP contribution < -0.4 is 0 Å². The van der Waals surface area contributed by atoms with Gasteiger partial charge in [-0.25, -0.2) is 0 Å². The van der Waals surface area contributed by atoms with Gasteiger partial charge in [0.2, 0.25) is 0 Å². The number of hydrogen-bond acceptors (Lipinski definition) is 0. The summed E-state index contributed by atoms with van der Waals surface area (Å²) in [7, 11) is 0. The molecule has 1 aliphatic rings. The fourth-order valence-corrected chi connectivity index (χ4v) is 4.45. The van der Waals surface area contributed by atoms with E-state index in [2.05, 4.69) is 121 Å². The van der Waals surface area contributed by atoms with Crippen molar-refractivity contribution in [2.45, 2.75) is 11.8 Å². The number of hydrogen-bond donors (Lipinski definition) is 0. The molecule has 28 heavy (non-hydrogen) atoms. The Kier molecular flexibility index (Phi) is 4.18. The highest BCUT2D eigenvalue weighted by atomic mass is 14.4. The number of allylic oxidation sites excluding steroid dienone is 1. The molecule has 0 aromatic heterocycles. The second-order valence-corrected chi connectivity index (χ2v) is 7.46. The first-order valence-electron chi connectivity index (χ1n) is 9.84. The Morgan fingerprint density at radius 2 is 1.11 bits per heavy atom. The van der Waals surface area contributed by atoms with Crippen molar-refractivity contribution in [3.63, 3.8) is 0 Å². The van der Waals surface area contributed by atoms with Crippen LogP contribution in [0.3, 0.4) is 0 Å². The minimum Gasteiger partial charge on any atom is -0.0686 e. The third-order valence-corrected chi connectivity index (χ3v) is 5.86. The van der Waals surface area contributed by atoms with E-state index < -0.39 is 0 Å². The molecule has 0 amide bonds. The van der Waals surface area contributed by atoms with Gasteiger partial charge in [0.25, 0.3) is 0 Å². The van der Waals surface area contributed by atoms with Crippen LogP contribution in [-0.4, -0.2) is 0 Å². The Labute approximate surface area is 166 Å². The van der Waals surface area contributed by atoms with E-state index in [0.717, 1.165) is 6.42 Å². The standard InChI is InChI=1S/C28H22/c1-4-11-22(12-5-1)26-18-10-13-23-21-28(20-19-27(23)26,24-14-6-2-7-15-24)25-16-8-3-9-17-25/h1-20H,21H2. The second kappa shape index (κ2) is 6.98. The lowest BCUT2D eigenvalue weighted by Crippen LogP contribution is -2.30. The van der Waals surface area contributed by atoms with Gasteiger partial charge in [-0.15, -0.1) is 0 Å². The van der Waals surface area contributed by atoms with Crippen LogP contribution >= 0.6 is 0 Å². The first-order valence-corrected chi connectivity index (χ1v) is 9.84. The Balaban J connectivity index is 1.69. The fraction of sp³-hybridized carbons (Fsp3) is 0.0714. The maximum atomic E-state index is 2.41. The van der Waals surface area contributed by atoms with E-state index in [0.29, 0.717) is 0 Å². The predicted octanol–water partition coefficient (Wildman–Crippen LogP) is 6.91. The normalized spacial score (nSPS) is 14.4. The van der Waals surface area contributed by atoms with E-state index in [1.165, 1.54) is 33.4 Å². The van der Waals surface area contributed by atoms with Crippen molar-refractivity contribution >= 4 is 6.08 Å². The molecule has 0 unspecified atom stereocenters. The summed E-state index contributed by atoms with van der Waals surface area (Å²) in [5.74, 6) is 0. The molecule has 0 saturated carbocycles. The van der Waals surface area contributed by atoms with Crippen LogP contribution in [0.1, 0.15) is 22.3 Å². The molecule has 5 rings (SSSR count). The van der Waals surface area contributed by atoms with Gasteiger partial charge >= 0.3 is 0 Å². The van der Waals surface area contributed by atoms with Crippen molar-refractivity contribution in [2.75, 3.05) is 0 Å². The maximum Gasteiger partial charge on any atom is 0.0425 e. The minimum absolute atomic E-state index is 0.134. The highest BCUT2D eigenvalue weighted by molar-refractivity contribution is 5.79. The second-order valence-electron chi connectivity index (χ2n) is 7.46. The Morgan fingerprint density at radius 1 is 0.536 bits per heavy atom. The smallest absolute Gasteiger partial charge is 0.0425 e. The quantitative estimate of drug-likeness (QED) is 0.373. The summed E-state index contributed by atoms with van der Waals surface area (Å²) in [4.78, 5) is 0. The van der Waals surface area contributed by atoms with Crippen LogP contribution in [0, 0.1) is 0 Å². The van der Waals surface area contributed by atoms with Crippen LogP contribution in [0.15, 0.2) is 115 Å². The van der Waals surface area contributed by atoms with Gasteiger partial charge in [-0.1, -0.05) is 121 Å². The summed E-state index contributed by atoms with van der Waals surface area (Å²) < 4.78 is 0. The van der Waals surface area contributed by atoms with Crippen molar-refractivity contribution in [1.29, 1.82) is 0 Å². The molecule has 0 fully saturated rings. The van der Waals surface area contributed by atoms with E-state index >= 15 is 0 Å². The van der Waals surface area contributed by atoms with E-state index in [9.17, 15) is 0 Å². The first-order chi connectivity index (χ1) is 13.9. The molecule has 0 radical (unpaired) electrons. The van der Waals surface area contributed by atoms with Crippen molar-refractivity contribution in [1.82, 2.24) is 0 Å². The van der Waals surface area contributed by atoms with Crippen LogP contribution in [0.25, 0.3) is 17.2 Å². The van der Waals surface area contributed by atoms with E-state index in [1.54, 1.807) is 0 Å². The molecule has 0 heterocycles. The lowest BCUT2D eigenvalue weighted by Gasteiger charge is -2.36. The zero-order valence-corrected chi connectivity index (χ0v) is 15.8. The van der Waals surface area contributed by atoms with Crippen LogP contribution in [0.2, 0.25) is 0 Å². The van der Waals surface area contributed by atoms with Gasteiger partial charge in [-0.3, -0.25) is 0 Å². The highest BCUT2D eigenvalue weighted by Crippen LogP contribution is 2.43. The zero-order chi connectivity index (χ0) is 18.8. The summed E-state index contributed by atoms with van der Waals surface area (Å²) in [6, 6.07) is 39.2. The molecule has 0 aliphatic heterocycles. The monoisotopic (exact) mass is 358 g/mol. The molecule has 0 spiro atoms. The number of rotatable bonds is 3. The predicted molar refractivity (Wildman–Crippen MR) is 118 cm³/mol. The third-order valence-electron chi connectivity index (χ3n) is 5.86. The molecule has 134 valence electrons. The SMILES string of the molecule is C1=CC(c2ccccc2)(c2ccccc2)Cc2cccc(-c3ccccc3)c21. The lowest BCUT2D eigenvalue weighted by atomic mass is 9.67. The Bertz CT molecular complexity index is 1070. The summed E-state index contributed by atoms with van der Waals surface area (Å²) in [5.41, 5.74) is 7.87. The van der Waals surface area contributed by atoms with Gasteiger partial charge in [-0.2, -0.15) is 0 Å². The van der Waals surface area contributed by atoms with Crippen molar-refractivity contribution in [2.24, 2.45) is 0 Å². The topological polar surface area (TPSA) is 0 Å². The van der Waals surface area contributed by atoms with E-state index in [1.807, 2.05) is 0 Å². The van der Waals surface area contributed by atoms with Crippen LogP contribution in [0.5, 0.6) is 0 Å². The van der Waals surface area contributed by atoms with Crippen LogP contribution in [0.4, 0.5) is 0 Å². The molecule has 0 nitrogen and oxygen atoms in total. The van der Waals surface area contributed by atoms with Gasteiger partial charge < -0.3 is 0 Å². The molecule has 0 N–H and O–H groups in total. The molecule has 4 aromatic carbocycles. The molecule has 0 atom stereocenters. The van der Waals surface area contributed by atoms with Crippen molar-refractivity contribution in [3.05, 3.63) is 138 Å². The number of fused-ring (bicyclic) bond motifs is 1. The fourth-order valence-electron chi connectivity index (χ4n) is 4.45. The Morgan fingerprint density at radius 3 is 1.71 bits per heavy atom. The number of benzene rings is 4. The molecule has 0 bridgehead atoms. The Hall–Kier alpha value is -3.38. The summed E-state index contributed by atoms with van der Waals surface area (Å²) in [6.45, 7) is 0. The molecular formula is C28H22. The third kappa shape index (κ3) is 2.78. The highest BCUT2D eigenvalue weighted by Gasteiger charge is 2.35. The van der Waals surface area contributed by atoms with Crippen LogP contribution in [-0.2, 0) is 11.8 Å². The van der Waals surface area contributed by atoms with Crippen molar-refractivity contribution in [3.8, 4) is 11.1 Å². The average molecular weight is 358 g/mol. The van der Waals surface area contributed by atoms with E-state index in [-0.39, 0.29) is 5.41 Å². The molecule has 0 saturated heterocycles.